The molecule has 0 aliphatic carbocycles. The Hall–Kier alpha value is -1.79. The van der Waals surface area contributed by atoms with Crippen LogP contribution in [0.4, 0.5) is 0 Å². The van der Waals surface area contributed by atoms with Crippen LogP contribution >= 0.6 is 11.8 Å². The number of fused-ring (bicyclic) bond motifs is 1. The van der Waals surface area contributed by atoms with Gasteiger partial charge in [-0.2, -0.15) is 0 Å². The van der Waals surface area contributed by atoms with Gasteiger partial charge in [-0.05, 0) is 12.1 Å². The van der Waals surface area contributed by atoms with Crippen LogP contribution in [0.1, 0.15) is 18.9 Å². The number of pyridine rings is 1. The first-order valence-corrected chi connectivity index (χ1v) is 6.72. The summed E-state index contributed by atoms with van der Waals surface area (Å²) >= 11 is 1.31. The summed E-state index contributed by atoms with van der Waals surface area (Å²) in [6.07, 6.45) is 2.49. The Bertz CT molecular complexity index is 620. The first-order valence-electron chi connectivity index (χ1n) is 5.73. The predicted molar refractivity (Wildman–Crippen MR) is 76.4 cm³/mol. The van der Waals surface area contributed by atoms with Gasteiger partial charge in [-0.3, -0.25) is 9.78 Å². The second-order valence-electron chi connectivity index (χ2n) is 3.77. The van der Waals surface area contributed by atoms with E-state index in [2.05, 4.69) is 16.8 Å². The van der Waals surface area contributed by atoms with Crippen molar-refractivity contribution in [2.45, 2.75) is 13.3 Å². The molecule has 2 aromatic rings. The molecule has 0 unspecified atom stereocenters. The van der Waals surface area contributed by atoms with Crippen LogP contribution in [-0.4, -0.2) is 15.9 Å². The fourth-order valence-corrected chi connectivity index (χ4v) is 2.10. The Kier molecular flexibility index (Phi) is 4.38. The van der Waals surface area contributed by atoms with E-state index in [9.17, 15) is 4.79 Å². The molecule has 0 saturated carbocycles. The number of para-hydroxylation sites is 1. The van der Waals surface area contributed by atoms with E-state index in [4.69, 9.17) is 0 Å². The maximum Gasteiger partial charge on any atom is 0.185 e. The largest absolute Gasteiger partial charge is 0.288 e. The summed E-state index contributed by atoms with van der Waals surface area (Å²) in [6, 6.07) is 9.93. The highest BCUT2D eigenvalue weighted by molar-refractivity contribution is 8.13. The minimum Gasteiger partial charge on any atom is -0.288 e. The zero-order valence-electron chi connectivity index (χ0n) is 10.1. The zero-order valence-corrected chi connectivity index (χ0v) is 11.0. The van der Waals surface area contributed by atoms with Crippen molar-refractivity contribution in [3.63, 3.8) is 0 Å². The Morgan fingerprint density at radius 1 is 1.33 bits per heavy atom. The van der Waals surface area contributed by atoms with Crippen LogP contribution in [0.15, 0.2) is 36.5 Å². The van der Waals surface area contributed by atoms with Gasteiger partial charge >= 0.3 is 0 Å². The number of hydrogen-bond donors (Lipinski definition) is 0. The average molecular weight is 255 g/mol. The van der Waals surface area contributed by atoms with Crippen LogP contribution in [0, 0.1) is 11.8 Å². The van der Waals surface area contributed by atoms with E-state index in [1.54, 1.807) is 13.1 Å². The molecule has 1 aromatic heterocycles. The quantitative estimate of drug-likeness (QED) is 0.609. The molecule has 3 heteroatoms. The molecule has 0 saturated heterocycles. The Labute approximate surface area is 111 Å². The summed E-state index contributed by atoms with van der Waals surface area (Å²) in [6.45, 7) is 1.58. The first kappa shape index (κ1) is 12.7. The Balaban J connectivity index is 2.12. The minimum atomic E-state index is 0.142. The number of benzene rings is 1. The highest BCUT2D eigenvalue weighted by Gasteiger charge is 1.97. The Morgan fingerprint density at radius 3 is 3.00 bits per heavy atom. The maximum atomic E-state index is 10.8. The van der Waals surface area contributed by atoms with E-state index in [-0.39, 0.29) is 5.12 Å². The molecule has 1 heterocycles. The van der Waals surface area contributed by atoms with E-state index in [0.717, 1.165) is 22.2 Å². The topological polar surface area (TPSA) is 30.0 Å². The van der Waals surface area contributed by atoms with Crippen molar-refractivity contribution < 1.29 is 4.79 Å². The van der Waals surface area contributed by atoms with Gasteiger partial charge in [0.25, 0.3) is 0 Å². The lowest BCUT2D eigenvalue weighted by Crippen LogP contribution is -1.85. The van der Waals surface area contributed by atoms with Gasteiger partial charge in [0.05, 0.1) is 11.1 Å². The number of carbonyl (C=O) groups is 1. The van der Waals surface area contributed by atoms with Crippen molar-refractivity contribution in [1.29, 1.82) is 0 Å². The molecule has 2 nitrogen and oxygen atoms in total. The van der Waals surface area contributed by atoms with Crippen LogP contribution in [0.25, 0.3) is 10.9 Å². The highest BCUT2D eigenvalue weighted by Crippen LogP contribution is 2.14. The number of hydrogen-bond acceptors (Lipinski definition) is 3. The molecular weight excluding hydrogens is 242 g/mol. The van der Waals surface area contributed by atoms with Gasteiger partial charge in [0.1, 0.15) is 0 Å². The lowest BCUT2D eigenvalue weighted by Gasteiger charge is -1.98. The van der Waals surface area contributed by atoms with Crippen LogP contribution in [0.3, 0.4) is 0 Å². The summed E-state index contributed by atoms with van der Waals surface area (Å²) < 4.78 is 0. The number of thioether (sulfide) groups is 1. The molecule has 0 spiro atoms. The van der Waals surface area contributed by atoms with Crippen molar-refractivity contribution in [3.05, 3.63) is 42.1 Å². The average Bonchev–Trinajstić information content (AvgIpc) is 2.38. The number of rotatable bonds is 2. The second kappa shape index (κ2) is 6.23. The Morgan fingerprint density at radius 2 is 2.17 bits per heavy atom. The molecule has 2 rings (SSSR count). The molecular formula is C15H13NOS. The van der Waals surface area contributed by atoms with Gasteiger partial charge in [0.15, 0.2) is 5.12 Å². The van der Waals surface area contributed by atoms with Crippen molar-refractivity contribution in [1.82, 2.24) is 4.98 Å². The van der Waals surface area contributed by atoms with Gasteiger partial charge in [-0.1, -0.05) is 41.8 Å². The number of nitrogens with zero attached hydrogens (tertiary/aromatic N) is 1. The number of aromatic nitrogens is 1. The van der Waals surface area contributed by atoms with Crippen molar-refractivity contribution >= 4 is 27.8 Å². The second-order valence-corrected chi connectivity index (χ2v) is 5.04. The summed E-state index contributed by atoms with van der Waals surface area (Å²) in [5.41, 5.74) is 1.88. The molecule has 0 N–H and O–H groups in total. The van der Waals surface area contributed by atoms with E-state index < -0.39 is 0 Å². The molecule has 0 fully saturated rings. The van der Waals surface area contributed by atoms with E-state index in [1.165, 1.54) is 11.8 Å². The van der Waals surface area contributed by atoms with E-state index >= 15 is 0 Å². The maximum absolute atomic E-state index is 10.8. The van der Waals surface area contributed by atoms with Gasteiger partial charge in [0.2, 0.25) is 0 Å². The van der Waals surface area contributed by atoms with Crippen molar-refractivity contribution in [3.8, 4) is 11.8 Å². The van der Waals surface area contributed by atoms with Crippen LogP contribution in [0.2, 0.25) is 0 Å². The highest BCUT2D eigenvalue weighted by atomic mass is 32.2. The molecule has 90 valence electrons. The van der Waals surface area contributed by atoms with Crippen LogP contribution in [0.5, 0.6) is 0 Å². The third-order valence-electron chi connectivity index (χ3n) is 2.39. The van der Waals surface area contributed by atoms with Gasteiger partial charge < -0.3 is 0 Å². The molecule has 0 aliphatic rings. The third-order valence-corrected chi connectivity index (χ3v) is 3.20. The fourth-order valence-electron chi connectivity index (χ4n) is 1.61. The zero-order chi connectivity index (χ0) is 12.8. The molecule has 0 atom stereocenters. The van der Waals surface area contributed by atoms with Crippen LogP contribution < -0.4 is 0 Å². The SMILES string of the molecule is CC(=O)SCCC#Cc1cccc2cccnc12. The molecule has 0 aliphatic heterocycles. The van der Waals surface area contributed by atoms with Crippen molar-refractivity contribution in [2.75, 3.05) is 5.75 Å². The van der Waals surface area contributed by atoms with Gasteiger partial charge in [-0.15, -0.1) is 0 Å². The summed E-state index contributed by atoms with van der Waals surface area (Å²) in [4.78, 5) is 15.1. The fraction of sp³-hybridized carbons (Fsp3) is 0.200. The standard InChI is InChI=1S/C15H13NOS/c1-12(17)18-11-3-2-6-13-7-4-8-14-9-5-10-16-15(13)14/h4-5,7-10H,3,11H2,1H3. The summed E-state index contributed by atoms with van der Waals surface area (Å²) in [5, 5.41) is 1.24. The lowest BCUT2D eigenvalue weighted by molar-refractivity contribution is -0.109. The summed E-state index contributed by atoms with van der Waals surface area (Å²) in [5.74, 6) is 6.96. The predicted octanol–water partition coefficient (Wildman–Crippen LogP) is 3.26. The first-order chi connectivity index (χ1) is 8.77. The number of carbonyl (C=O) groups excluding carboxylic acids is 1. The van der Waals surface area contributed by atoms with Crippen LogP contribution in [-0.2, 0) is 4.79 Å². The smallest absolute Gasteiger partial charge is 0.185 e. The lowest BCUT2D eigenvalue weighted by atomic mass is 10.1. The van der Waals surface area contributed by atoms with Gasteiger partial charge in [0, 0.05) is 30.7 Å². The molecule has 0 amide bonds. The van der Waals surface area contributed by atoms with Gasteiger partial charge in [-0.25, -0.2) is 0 Å². The molecule has 1 aromatic carbocycles. The molecule has 0 radical (unpaired) electrons. The van der Waals surface area contributed by atoms with E-state index in [0.29, 0.717) is 6.42 Å². The molecule has 0 bridgehead atoms. The normalized spacial score (nSPS) is 9.83. The third kappa shape index (κ3) is 3.35. The minimum absolute atomic E-state index is 0.142. The summed E-state index contributed by atoms with van der Waals surface area (Å²) in [7, 11) is 0. The monoisotopic (exact) mass is 255 g/mol. The van der Waals surface area contributed by atoms with E-state index in [1.807, 2.05) is 30.3 Å². The molecule has 18 heavy (non-hydrogen) atoms. The van der Waals surface area contributed by atoms with Crippen molar-refractivity contribution in [2.24, 2.45) is 0 Å².